The molecule has 0 aromatic heterocycles. The summed E-state index contributed by atoms with van der Waals surface area (Å²) < 4.78 is 26.4. The number of likely N-dealkylation sites (tertiary alicyclic amines) is 1. The Morgan fingerprint density at radius 2 is 1.95 bits per heavy atom. The van der Waals surface area contributed by atoms with Crippen molar-refractivity contribution >= 4 is 0 Å². The number of benzene rings is 2. The molecule has 2 N–H and O–H groups in total. The number of methoxy groups -OCH3 is 1. The van der Waals surface area contributed by atoms with Crippen LogP contribution in [-0.2, 0) is 24.1 Å². The van der Waals surface area contributed by atoms with Crippen LogP contribution in [0.25, 0.3) is 0 Å². The molecule has 210 valence electrons. The van der Waals surface area contributed by atoms with Gasteiger partial charge in [0.15, 0.2) is 11.6 Å². The van der Waals surface area contributed by atoms with Crippen LogP contribution in [0.3, 0.4) is 0 Å². The van der Waals surface area contributed by atoms with Crippen molar-refractivity contribution in [2.45, 2.75) is 44.7 Å². The van der Waals surface area contributed by atoms with Gasteiger partial charge in [-0.2, -0.15) is 0 Å². The number of aryl methyl sites for hydroxylation is 1. The van der Waals surface area contributed by atoms with Gasteiger partial charge in [-0.25, -0.2) is 4.39 Å². The molecular formula is C32H41FN2O4. The summed E-state index contributed by atoms with van der Waals surface area (Å²) in [5.41, 5.74) is 3.35. The van der Waals surface area contributed by atoms with Gasteiger partial charge in [0.1, 0.15) is 18.1 Å². The van der Waals surface area contributed by atoms with Gasteiger partial charge in [-0.15, -0.1) is 0 Å². The van der Waals surface area contributed by atoms with Gasteiger partial charge in [-0.05, 0) is 110 Å². The fraction of sp³-hybridized carbons (Fsp3) is 0.500. The average Bonchev–Trinajstić information content (AvgIpc) is 3.47. The first kappa shape index (κ1) is 27.7. The minimum absolute atomic E-state index is 0.000198. The molecule has 3 aliphatic rings. The molecule has 0 radical (unpaired) electrons. The Hall–Kier alpha value is -2.87. The molecule has 2 aliphatic carbocycles. The van der Waals surface area contributed by atoms with E-state index in [9.17, 15) is 10.2 Å². The summed E-state index contributed by atoms with van der Waals surface area (Å²) in [5.74, 6) is 1.68. The summed E-state index contributed by atoms with van der Waals surface area (Å²) in [6, 6.07) is 10.9. The first-order valence-electron chi connectivity index (χ1n) is 14.3. The van der Waals surface area contributed by atoms with Gasteiger partial charge in [0.2, 0.25) is 0 Å². The van der Waals surface area contributed by atoms with Gasteiger partial charge in [0, 0.05) is 25.7 Å². The highest BCUT2D eigenvalue weighted by atomic mass is 19.1. The van der Waals surface area contributed by atoms with Gasteiger partial charge in [0.25, 0.3) is 0 Å². The Balaban J connectivity index is 1.29. The number of aliphatic hydroxyl groups is 1. The van der Waals surface area contributed by atoms with Crippen molar-refractivity contribution in [1.82, 2.24) is 9.80 Å². The topological polar surface area (TPSA) is 65.4 Å². The van der Waals surface area contributed by atoms with Gasteiger partial charge in [-0.3, -0.25) is 9.80 Å². The predicted molar refractivity (Wildman–Crippen MR) is 150 cm³/mol. The highest BCUT2D eigenvalue weighted by Gasteiger charge is 2.35. The third-order valence-corrected chi connectivity index (χ3v) is 8.50. The number of ether oxygens (including phenoxy) is 2. The molecule has 39 heavy (non-hydrogen) atoms. The van der Waals surface area contributed by atoms with Crippen molar-refractivity contribution in [3.63, 3.8) is 0 Å². The van der Waals surface area contributed by atoms with Gasteiger partial charge in [0.05, 0.1) is 13.7 Å². The Labute approximate surface area is 231 Å². The van der Waals surface area contributed by atoms with E-state index in [1.807, 2.05) is 24.3 Å². The standard InChI is InChI=1S/C32H41FN2O4/c1-38-28-9-10-29(26-6-5-25-20-27(37)8-7-24(25)19-26)31(21-28)35(14-16-36)22-23-4-11-32(30(33)18-23)39-17-15-34-12-2-3-13-34/h4,7-11,18,20-21,26,29,31,36-37H,2-3,5-6,12-17,19,22H2,1H3/t26-,29?,31?/m1/s1. The summed E-state index contributed by atoms with van der Waals surface area (Å²) in [6.45, 7) is 4.48. The average molecular weight is 537 g/mol. The Kier molecular flexibility index (Phi) is 9.22. The summed E-state index contributed by atoms with van der Waals surface area (Å²) in [6.07, 6.45) is 11.7. The number of hydrogen-bond acceptors (Lipinski definition) is 6. The molecule has 0 bridgehead atoms. The maximum atomic E-state index is 15.0. The normalized spacial score (nSPS) is 23.1. The lowest BCUT2D eigenvalue weighted by Gasteiger charge is -2.41. The van der Waals surface area contributed by atoms with E-state index in [1.54, 1.807) is 25.3 Å². The number of nitrogens with zero attached hydrogens (tertiary/aromatic N) is 2. The van der Waals surface area contributed by atoms with Crippen molar-refractivity contribution in [1.29, 1.82) is 0 Å². The Morgan fingerprint density at radius 3 is 2.72 bits per heavy atom. The van der Waals surface area contributed by atoms with E-state index in [4.69, 9.17) is 9.47 Å². The lowest BCUT2D eigenvalue weighted by atomic mass is 9.72. The maximum Gasteiger partial charge on any atom is 0.165 e. The van der Waals surface area contributed by atoms with Crippen LogP contribution in [0.2, 0.25) is 0 Å². The third-order valence-electron chi connectivity index (χ3n) is 8.50. The highest BCUT2D eigenvalue weighted by molar-refractivity contribution is 5.37. The number of rotatable bonds is 11. The molecule has 0 amide bonds. The molecule has 6 nitrogen and oxygen atoms in total. The van der Waals surface area contributed by atoms with Crippen LogP contribution in [-0.4, -0.2) is 72.6 Å². The van der Waals surface area contributed by atoms with Crippen LogP contribution in [0.4, 0.5) is 4.39 Å². The molecule has 1 aliphatic heterocycles. The summed E-state index contributed by atoms with van der Waals surface area (Å²) in [5, 5.41) is 19.9. The quantitative estimate of drug-likeness (QED) is 0.435. The van der Waals surface area contributed by atoms with E-state index in [0.717, 1.165) is 50.2 Å². The number of allylic oxidation sites excluding steroid dienone is 1. The van der Waals surface area contributed by atoms with Gasteiger partial charge in [-0.1, -0.05) is 18.2 Å². The zero-order chi connectivity index (χ0) is 27.2. The van der Waals surface area contributed by atoms with E-state index >= 15 is 4.39 Å². The second-order valence-electron chi connectivity index (χ2n) is 11.0. The van der Waals surface area contributed by atoms with Crippen LogP contribution < -0.4 is 4.74 Å². The number of hydrogen-bond donors (Lipinski definition) is 2. The Bertz CT molecular complexity index is 1180. The summed E-state index contributed by atoms with van der Waals surface area (Å²) in [4.78, 5) is 4.58. The zero-order valence-electron chi connectivity index (χ0n) is 22.9. The fourth-order valence-corrected chi connectivity index (χ4v) is 6.42. The van der Waals surface area contributed by atoms with Gasteiger partial charge < -0.3 is 19.7 Å². The van der Waals surface area contributed by atoms with Crippen molar-refractivity contribution in [3.8, 4) is 11.5 Å². The second-order valence-corrected chi connectivity index (χ2v) is 11.0. The summed E-state index contributed by atoms with van der Waals surface area (Å²) >= 11 is 0. The smallest absolute Gasteiger partial charge is 0.165 e. The highest BCUT2D eigenvalue weighted by Crippen LogP contribution is 2.38. The number of phenols is 1. The molecule has 0 saturated carbocycles. The number of halogens is 1. The fourth-order valence-electron chi connectivity index (χ4n) is 6.42. The molecule has 0 spiro atoms. The van der Waals surface area contributed by atoms with Crippen molar-refractivity contribution < 1.29 is 24.1 Å². The molecule has 2 unspecified atom stereocenters. The van der Waals surface area contributed by atoms with Crippen LogP contribution >= 0.6 is 0 Å². The lowest BCUT2D eigenvalue weighted by molar-refractivity contribution is 0.115. The molecule has 3 atom stereocenters. The first-order valence-corrected chi connectivity index (χ1v) is 14.3. The number of aromatic hydroxyl groups is 1. The summed E-state index contributed by atoms with van der Waals surface area (Å²) in [7, 11) is 1.67. The molecule has 1 heterocycles. The predicted octanol–water partition coefficient (Wildman–Crippen LogP) is 4.69. The first-order chi connectivity index (χ1) is 19.0. The monoisotopic (exact) mass is 536 g/mol. The van der Waals surface area contributed by atoms with Crippen molar-refractivity contribution in [2.75, 3.05) is 46.5 Å². The molecule has 5 rings (SSSR count). The Morgan fingerprint density at radius 1 is 1.10 bits per heavy atom. The molecule has 2 aromatic rings. The van der Waals surface area contributed by atoms with Crippen LogP contribution in [0.15, 0.2) is 60.4 Å². The zero-order valence-corrected chi connectivity index (χ0v) is 22.9. The van der Waals surface area contributed by atoms with Gasteiger partial charge >= 0.3 is 0 Å². The SMILES string of the molecule is COC1=CC(N(CCO)Cc2ccc(OCCN3CCCC3)c(F)c2)C([C@@H]2CCc3cc(O)ccc3C2)C=C1. The molecule has 1 saturated heterocycles. The molecule has 7 heteroatoms. The van der Waals surface area contributed by atoms with Crippen LogP contribution in [0, 0.1) is 17.7 Å². The van der Waals surface area contributed by atoms with Crippen LogP contribution in [0.5, 0.6) is 11.5 Å². The third kappa shape index (κ3) is 6.83. The second kappa shape index (κ2) is 13.0. The van der Waals surface area contributed by atoms with Crippen molar-refractivity contribution in [3.05, 3.63) is 82.9 Å². The van der Waals surface area contributed by atoms with E-state index < -0.39 is 0 Å². The largest absolute Gasteiger partial charge is 0.508 e. The van der Waals surface area contributed by atoms with E-state index in [1.165, 1.54) is 24.0 Å². The number of aliphatic hydroxyl groups excluding tert-OH is 1. The van der Waals surface area contributed by atoms with Crippen molar-refractivity contribution in [2.24, 2.45) is 11.8 Å². The maximum absolute atomic E-state index is 15.0. The molecule has 1 fully saturated rings. The van der Waals surface area contributed by atoms with E-state index in [0.29, 0.717) is 37.1 Å². The van der Waals surface area contributed by atoms with E-state index in [2.05, 4.69) is 22.0 Å². The molecular weight excluding hydrogens is 495 g/mol. The lowest BCUT2D eigenvalue weighted by Crippen LogP contribution is -2.44. The minimum Gasteiger partial charge on any atom is -0.508 e. The molecule has 2 aromatic carbocycles. The van der Waals surface area contributed by atoms with Crippen LogP contribution in [0.1, 0.15) is 36.0 Å². The minimum atomic E-state index is -0.349. The number of phenolic OH excluding ortho intramolecular Hbond substituents is 1. The van der Waals surface area contributed by atoms with E-state index in [-0.39, 0.29) is 24.4 Å². The number of fused-ring (bicyclic) bond motifs is 1.